The summed E-state index contributed by atoms with van der Waals surface area (Å²) in [6.45, 7) is 2.16. The topological polar surface area (TPSA) is 59.8 Å². The van der Waals surface area contributed by atoms with Gasteiger partial charge >= 0.3 is 0 Å². The molecule has 1 amide bonds. The van der Waals surface area contributed by atoms with E-state index in [1.807, 2.05) is 41.8 Å². The Labute approximate surface area is 217 Å². The molecule has 9 heteroatoms. The van der Waals surface area contributed by atoms with Crippen molar-refractivity contribution in [3.05, 3.63) is 106 Å². The molecular weight excluding hydrogens is 506 g/mol. The van der Waals surface area contributed by atoms with Gasteiger partial charge in [-0.25, -0.2) is 4.39 Å². The second-order valence-corrected chi connectivity index (χ2v) is 9.62. The van der Waals surface area contributed by atoms with Crippen molar-refractivity contribution >= 4 is 40.9 Å². The van der Waals surface area contributed by atoms with Crippen LogP contribution in [0.1, 0.15) is 36.2 Å². The molecule has 1 heterocycles. The minimum Gasteiger partial charge on any atom is -0.348 e. The van der Waals surface area contributed by atoms with Crippen LogP contribution in [0, 0.1) is 5.82 Å². The minimum absolute atomic E-state index is 0.0871. The van der Waals surface area contributed by atoms with Crippen LogP contribution in [-0.2, 0) is 17.1 Å². The van der Waals surface area contributed by atoms with E-state index in [-0.39, 0.29) is 24.2 Å². The predicted molar refractivity (Wildman–Crippen MR) is 139 cm³/mol. The van der Waals surface area contributed by atoms with Crippen LogP contribution < -0.4 is 5.32 Å². The SMILES string of the molecule is CCC(C(=O)NCc1nnc(SCc2ccc(F)cc2)n1-c1ccc(Cl)cc1Cl)c1ccccc1. The molecule has 0 radical (unpaired) electrons. The highest BCUT2D eigenvalue weighted by atomic mass is 35.5. The van der Waals surface area contributed by atoms with Crippen LogP contribution in [0.4, 0.5) is 4.39 Å². The van der Waals surface area contributed by atoms with E-state index in [1.54, 1.807) is 30.3 Å². The highest BCUT2D eigenvalue weighted by Gasteiger charge is 2.21. The van der Waals surface area contributed by atoms with Crippen LogP contribution in [0.25, 0.3) is 5.69 Å². The van der Waals surface area contributed by atoms with Gasteiger partial charge in [-0.2, -0.15) is 0 Å². The Morgan fingerprint density at radius 3 is 2.49 bits per heavy atom. The number of nitrogens with zero attached hydrogens (tertiary/aromatic N) is 3. The molecule has 4 rings (SSSR count). The van der Waals surface area contributed by atoms with Gasteiger partial charge in [0.2, 0.25) is 5.91 Å². The summed E-state index contributed by atoms with van der Waals surface area (Å²) in [5, 5.41) is 13.2. The Bertz CT molecular complexity index is 1300. The zero-order chi connectivity index (χ0) is 24.8. The Hall–Kier alpha value is -2.87. The van der Waals surface area contributed by atoms with Gasteiger partial charge in [-0.05, 0) is 47.9 Å². The van der Waals surface area contributed by atoms with Crippen molar-refractivity contribution in [3.8, 4) is 5.69 Å². The fraction of sp³-hybridized carbons (Fsp3) is 0.192. The first-order valence-corrected chi connectivity index (χ1v) is 12.8. The molecule has 0 bridgehead atoms. The van der Waals surface area contributed by atoms with Gasteiger partial charge in [0.15, 0.2) is 11.0 Å². The maximum Gasteiger partial charge on any atom is 0.227 e. The average Bonchev–Trinajstić information content (AvgIpc) is 3.26. The van der Waals surface area contributed by atoms with Crippen molar-refractivity contribution in [1.29, 1.82) is 0 Å². The fourth-order valence-corrected chi connectivity index (χ4v) is 5.10. The molecule has 0 saturated heterocycles. The Morgan fingerprint density at radius 1 is 1.06 bits per heavy atom. The number of aromatic nitrogens is 3. The minimum atomic E-state index is -0.284. The standard InChI is InChI=1S/C26H23Cl2FN4OS/c1-2-21(18-6-4-3-5-7-18)25(34)30-15-24-31-32-26(35-16-17-8-11-20(29)12-9-17)33(24)23-13-10-19(27)14-22(23)28/h3-14,21H,2,15-16H2,1H3,(H,30,34). The van der Waals surface area contributed by atoms with Crippen molar-refractivity contribution in [2.24, 2.45) is 0 Å². The van der Waals surface area contributed by atoms with Crippen molar-refractivity contribution in [3.63, 3.8) is 0 Å². The molecule has 0 aliphatic rings. The van der Waals surface area contributed by atoms with Crippen LogP contribution in [0.2, 0.25) is 10.0 Å². The smallest absolute Gasteiger partial charge is 0.227 e. The van der Waals surface area contributed by atoms with Gasteiger partial charge in [0.25, 0.3) is 0 Å². The van der Waals surface area contributed by atoms with Gasteiger partial charge in [-0.15, -0.1) is 10.2 Å². The molecule has 1 N–H and O–H groups in total. The normalized spacial score (nSPS) is 11.9. The number of carbonyl (C=O) groups is 1. The van der Waals surface area contributed by atoms with E-state index in [4.69, 9.17) is 23.2 Å². The predicted octanol–water partition coefficient (Wildman–Crippen LogP) is 6.82. The van der Waals surface area contributed by atoms with Crippen LogP contribution in [-0.4, -0.2) is 20.7 Å². The Balaban J connectivity index is 1.58. The number of carbonyl (C=O) groups excluding carboxylic acids is 1. The monoisotopic (exact) mass is 528 g/mol. The second kappa shape index (κ2) is 11.7. The summed E-state index contributed by atoms with van der Waals surface area (Å²) in [7, 11) is 0. The average molecular weight is 529 g/mol. The number of hydrogen-bond donors (Lipinski definition) is 1. The molecule has 35 heavy (non-hydrogen) atoms. The molecule has 0 saturated carbocycles. The molecule has 0 fully saturated rings. The number of nitrogens with one attached hydrogen (secondary N) is 1. The van der Waals surface area contributed by atoms with Gasteiger partial charge in [0.1, 0.15) is 5.82 Å². The molecule has 1 unspecified atom stereocenters. The van der Waals surface area contributed by atoms with Gasteiger partial charge in [0.05, 0.1) is 23.2 Å². The highest BCUT2D eigenvalue weighted by Crippen LogP contribution is 2.31. The maximum absolute atomic E-state index is 13.3. The first kappa shape index (κ1) is 25.2. The lowest BCUT2D eigenvalue weighted by Crippen LogP contribution is -2.29. The lowest BCUT2D eigenvalue weighted by Gasteiger charge is -2.16. The molecule has 0 spiro atoms. The summed E-state index contributed by atoms with van der Waals surface area (Å²) in [6, 6.07) is 21.2. The van der Waals surface area contributed by atoms with Crippen LogP contribution >= 0.6 is 35.0 Å². The molecule has 1 atom stereocenters. The van der Waals surface area contributed by atoms with E-state index in [2.05, 4.69) is 15.5 Å². The number of thioether (sulfide) groups is 1. The van der Waals surface area contributed by atoms with Gasteiger partial charge in [-0.3, -0.25) is 9.36 Å². The summed E-state index contributed by atoms with van der Waals surface area (Å²) in [6.07, 6.45) is 0.671. The first-order chi connectivity index (χ1) is 17.0. The lowest BCUT2D eigenvalue weighted by atomic mass is 9.96. The quantitative estimate of drug-likeness (QED) is 0.242. The molecule has 4 aromatic rings. The van der Waals surface area contributed by atoms with E-state index in [0.29, 0.717) is 38.9 Å². The van der Waals surface area contributed by atoms with E-state index in [1.165, 1.54) is 23.9 Å². The second-order valence-electron chi connectivity index (χ2n) is 7.83. The summed E-state index contributed by atoms with van der Waals surface area (Å²) < 4.78 is 15.1. The Kier molecular flexibility index (Phi) is 8.44. The van der Waals surface area contributed by atoms with E-state index in [0.717, 1.165) is 11.1 Å². The third kappa shape index (κ3) is 6.23. The molecule has 1 aromatic heterocycles. The first-order valence-electron chi connectivity index (χ1n) is 11.1. The largest absolute Gasteiger partial charge is 0.348 e. The molecular formula is C26H23Cl2FN4OS. The zero-order valence-corrected chi connectivity index (χ0v) is 21.2. The van der Waals surface area contributed by atoms with Gasteiger partial charge in [-0.1, -0.05) is 84.4 Å². The number of benzene rings is 3. The lowest BCUT2D eigenvalue weighted by molar-refractivity contribution is -0.122. The van der Waals surface area contributed by atoms with Crippen LogP contribution in [0.15, 0.2) is 78.0 Å². The Morgan fingerprint density at radius 2 is 1.80 bits per heavy atom. The summed E-state index contributed by atoms with van der Waals surface area (Å²) in [5.41, 5.74) is 2.56. The van der Waals surface area contributed by atoms with E-state index < -0.39 is 0 Å². The number of amides is 1. The molecule has 3 aromatic carbocycles. The van der Waals surface area contributed by atoms with E-state index in [9.17, 15) is 9.18 Å². The molecule has 0 aliphatic carbocycles. The number of hydrogen-bond acceptors (Lipinski definition) is 4. The van der Waals surface area contributed by atoms with Gasteiger partial charge in [0, 0.05) is 10.8 Å². The summed E-state index contributed by atoms with van der Waals surface area (Å²) in [4.78, 5) is 13.0. The van der Waals surface area contributed by atoms with E-state index >= 15 is 0 Å². The molecule has 180 valence electrons. The molecule has 5 nitrogen and oxygen atoms in total. The summed E-state index contributed by atoms with van der Waals surface area (Å²) >= 11 is 14.1. The molecule has 0 aliphatic heterocycles. The van der Waals surface area contributed by atoms with Gasteiger partial charge < -0.3 is 5.32 Å². The van der Waals surface area contributed by atoms with Crippen molar-refractivity contribution in [2.75, 3.05) is 0 Å². The number of rotatable bonds is 9. The zero-order valence-electron chi connectivity index (χ0n) is 18.9. The number of halogens is 3. The van der Waals surface area contributed by atoms with Crippen molar-refractivity contribution in [1.82, 2.24) is 20.1 Å². The maximum atomic E-state index is 13.3. The highest BCUT2D eigenvalue weighted by molar-refractivity contribution is 7.98. The summed E-state index contributed by atoms with van der Waals surface area (Å²) in [5.74, 6) is 0.456. The van der Waals surface area contributed by atoms with Crippen LogP contribution in [0.5, 0.6) is 0 Å². The fourth-order valence-electron chi connectivity index (χ4n) is 3.69. The third-order valence-corrected chi connectivity index (χ3v) is 7.02. The van der Waals surface area contributed by atoms with Crippen molar-refractivity contribution < 1.29 is 9.18 Å². The van der Waals surface area contributed by atoms with Crippen LogP contribution in [0.3, 0.4) is 0 Å². The van der Waals surface area contributed by atoms with Crippen molar-refractivity contribution in [2.45, 2.75) is 36.7 Å². The third-order valence-electron chi connectivity index (χ3n) is 5.48.